The average molecular weight is 334 g/mol. The molecule has 0 radical (unpaired) electrons. The molecule has 0 fully saturated rings. The SMILES string of the molecule is CCN(Cc1ccncc1)c1ccc([C@H](C)N)c(Br)c1. The summed E-state index contributed by atoms with van der Waals surface area (Å²) in [5, 5.41) is 0. The zero-order valence-electron chi connectivity index (χ0n) is 11.9. The van der Waals surface area contributed by atoms with Crippen LogP contribution < -0.4 is 10.6 Å². The van der Waals surface area contributed by atoms with E-state index >= 15 is 0 Å². The van der Waals surface area contributed by atoms with E-state index in [0.717, 1.165) is 23.1 Å². The van der Waals surface area contributed by atoms with Crippen molar-refractivity contribution in [2.45, 2.75) is 26.4 Å². The summed E-state index contributed by atoms with van der Waals surface area (Å²) in [6.45, 7) is 5.98. The highest BCUT2D eigenvalue weighted by molar-refractivity contribution is 9.10. The van der Waals surface area contributed by atoms with Gasteiger partial charge in [0.1, 0.15) is 0 Å². The number of hydrogen-bond donors (Lipinski definition) is 1. The maximum atomic E-state index is 5.95. The van der Waals surface area contributed by atoms with E-state index in [-0.39, 0.29) is 6.04 Å². The summed E-state index contributed by atoms with van der Waals surface area (Å²) in [4.78, 5) is 6.38. The van der Waals surface area contributed by atoms with Gasteiger partial charge >= 0.3 is 0 Å². The summed E-state index contributed by atoms with van der Waals surface area (Å²) in [6, 6.07) is 10.5. The molecule has 0 unspecified atom stereocenters. The molecule has 1 aromatic heterocycles. The van der Waals surface area contributed by atoms with E-state index in [4.69, 9.17) is 5.73 Å². The van der Waals surface area contributed by atoms with Crippen molar-refractivity contribution in [3.63, 3.8) is 0 Å². The molecule has 0 amide bonds. The van der Waals surface area contributed by atoms with Gasteiger partial charge < -0.3 is 10.6 Å². The van der Waals surface area contributed by atoms with E-state index in [9.17, 15) is 0 Å². The molecule has 0 saturated carbocycles. The number of halogens is 1. The van der Waals surface area contributed by atoms with Crippen LogP contribution >= 0.6 is 15.9 Å². The largest absolute Gasteiger partial charge is 0.367 e. The topological polar surface area (TPSA) is 42.2 Å². The fourth-order valence-electron chi connectivity index (χ4n) is 2.18. The molecule has 0 bridgehead atoms. The minimum absolute atomic E-state index is 0.0358. The monoisotopic (exact) mass is 333 g/mol. The highest BCUT2D eigenvalue weighted by Gasteiger charge is 2.10. The first-order chi connectivity index (χ1) is 9.61. The van der Waals surface area contributed by atoms with Crippen molar-refractivity contribution in [3.05, 3.63) is 58.3 Å². The third-order valence-electron chi connectivity index (χ3n) is 3.34. The fourth-order valence-corrected chi connectivity index (χ4v) is 2.90. The van der Waals surface area contributed by atoms with Gasteiger partial charge in [0.25, 0.3) is 0 Å². The number of nitrogens with two attached hydrogens (primary N) is 1. The van der Waals surface area contributed by atoms with Gasteiger partial charge in [-0.25, -0.2) is 0 Å². The number of anilines is 1. The summed E-state index contributed by atoms with van der Waals surface area (Å²) >= 11 is 3.61. The second-order valence-corrected chi connectivity index (χ2v) is 5.72. The van der Waals surface area contributed by atoms with E-state index in [1.165, 1.54) is 11.3 Å². The predicted molar refractivity (Wildman–Crippen MR) is 87.7 cm³/mol. The van der Waals surface area contributed by atoms with Crippen LogP contribution in [0.2, 0.25) is 0 Å². The summed E-state index contributed by atoms with van der Waals surface area (Å²) < 4.78 is 1.07. The van der Waals surface area contributed by atoms with Crippen molar-refractivity contribution in [2.75, 3.05) is 11.4 Å². The van der Waals surface area contributed by atoms with Crippen molar-refractivity contribution < 1.29 is 0 Å². The van der Waals surface area contributed by atoms with Crippen LogP contribution in [0.1, 0.15) is 31.0 Å². The molecule has 20 heavy (non-hydrogen) atoms. The van der Waals surface area contributed by atoms with Gasteiger partial charge in [-0.05, 0) is 49.2 Å². The average Bonchev–Trinajstić information content (AvgIpc) is 2.45. The Morgan fingerprint density at radius 3 is 2.50 bits per heavy atom. The van der Waals surface area contributed by atoms with Crippen molar-refractivity contribution >= 4 is 21.6 Å². The molecule has 1 aromatic carbocycles. The molecule has 0 spiro atoms. The third kappa shape index (κ3) is 3.58. The van der Waals surface area contributed by atoms with Crippen LogP contribution in [0.15, 0.2) is 47.2 Å². The molecule has 2 rings (SSSR count). The van der Waals surface area contributed by atoms with Crippen LogP contribution in [0.25, 0.3) is 0 Å². The van der Waals surface area contributed by atoms with Crippen molar-refractivity contribution in [2.24, 2.45) is 5.73 Å². The van der Waals surface area contributed by atoms with Gasteiger partial charge in [0, 0.05) is 41.7 Å². The Morgan fingerprint density at radius 2 is 1.95 bits per heavy atom. The lowest BCUT2D eigenvalue weighted by Gasteiger charge is -2.24. The van der Waals surface area contributed by atoms with Gasteiger partial charge in [0.2, 0.25) is 0 Å². The zero-order valence-corrected chi connectivity index (χ0v) is 13.5. The molecule has 0 saturated heterocycles. The number of nitrogens with zero attached hydrogens (tertiary/aromatic N) is 2. The zero-order chi connectivity index (χ0) is 14.5. The van der Waals surface area contributed by atoms with E-state index in [0.29, 0.717) is 0 Å². The minimum Gasteiger partial charge on any atom is -0.367 e. The highest BCUT2D eigenvalue weighted by atomic mass is 79.9. The van der Waals surface area contributed by atoms with Gasteiger partial charge in [0.15, 0.2) is 0 Å². The quantitative estimate of drug-likeness (QED) is 0.902. The molecular formula is C16H20BrN3. The van der Waals surface area contributed by atoms with Gasteiger partial charge in [-0.2, -0.15) is 0 Å². The van der Waals surface area contributed by atoms with Gasteiger partial charge in [-0.15, -0.1) is 0 Å². The van der Waals surface area contributed by atoms with Crippen LogP contribution in [-0.4, -0.2) is 11.5 Å². The van der Waals surface area contributed by atoms with Crippen LogP contribution in [0.5, 0.6) is 0 Å². The highest BCUT2D eigenvalue weighted by Crippen LogP contribution is 2.28. The van der Waals surface area contributed by atoms with Crippen LogP contribution in [-0.2, 0) is 6.54 Å². The fraction of sp³-hybridized carbons (Fsp3) is 0.312. The second kappa shape index (κ2) is 6.86. The molecule has 106 valence electrons. The molecular weight excluding hydrogens is 314 g/mol. The molecule has 0 aliphatic carbocycles. The number of rotatable bonds is 5. The summed E-state index contributed by atoms with van der Waals surface area (Å²) in [5.74, 6) is 0. The number of pyridine rings is 1. The maximum Gasteiger partial charge on any atom is 0.0430 e. The Morgan fingerprint density at radius 1 is 1.25 bits per heavy atom. The number of aromatic nitrogens is 1. The molecule has 1 atom stereocenters. The lowest BCUT2D eigenvalue weighted by atomic mass is 10.1. The van der Waals surface area contributed by atoms with E-state index in [2.05, 4.69) is 50.9 Å². The Kier molecular flexibility index (Phi) is 5.15. The lowest BCUT2D eigenvalue weighted by molar-refractivity contribution is 0.805. The van der Waals surface area contributed by atoms with Gasteiger partial charge in [-0.1, -0.05) is 22.0 Å². The molecule has 0 aliphatic heterocycles. The summed E-state index contributed by atoms with van der Waals surface area (Å²) in [5.41, 5.74) is 9.53. The minimum atomic E-state index is 0.0358. The smallest absolute Gasteiger partial charge is 0.0430 e. The Balaban J connectivity index is 2.22. The normalized spacial score (nSPS) is 12.2. The first-order valence-electron chi connectivity index (χ1n) is 6.80. The maximum absolute atomic E-state index is 5.95. The molecule has 2 N–H and O–H groups in total. The van der Waals surface area contributed by atoms with Gasteiger partial charge in [0.05, 0.1) is 0 Å². The Bertz CT molecular complexity index is 555. The third-order valence-corrected chi connectivity index (χ3v) is 4.03. The molecule has 1 heterocycles. The van der Waals surface area contributed by atoms with Crippen molar-refractivity contribution in [1.82, 2.24) is 4.98 Å². The van der Waals surface area contributed by atoms with E-state index < -0.39 is 0 Å². The first kappa shape index (κ1) is 15.0. The Hall–Kier alpha value is -1.39. The number of hydrogen-bond acceptors (Lipinski definition) is 3. The molecule has 3 nitrogen and oxygen atoms in total. The van der Waals surface area contributed by atoms with Crippen LogP contribution in [0, 0.1) is 0 Å². The Labute approximate surface area is 129 Å². The van der Waals surface area contributed by atoms with Crippen molar-refractivity contribution in [1.29, 1.82) is 0 Å². The summed E-state index contributed by atoms with van der Waals surface area (Å²) in [6.07, 6.45) is 3.66. The second-order valence-electron chi connectivity index (χ2n) is 4.86. The van der Waals surface area contributed by atoms with Gasteiger partial charge in [-0.3, -0.25) is 4.98 Å². The molecule has 4 heteroatoms. The number of benzene rings is 1. The van der Waals surface area contributed by atoms with E-state index in [1.54, 1.807) is 0 Å². The lowest BCUT2D eigenvalue weighted by Crippen LogP contribution is -2.22. The summed E-state index contributed by atoms with van der Waals surface area (Å²) in [7, 11) is 0. The van der Waals surface area contributed by atoms with E-state index in [1.807, 2.05) is 31.5 Å². The predicted octanol–water partition coefficient (Wildman–Crippen LogP) is 3.89. The molecule has 2 aromatic rings. The van der Waals surface area contributed by atoms with Crippen LogP contribution in [0.3, 0.4) is 0 Å². The standard InChI is InChI=1S/C16H20BrN3/c1-3-20(11-13-6-8-19-9-7-13)14-4-5-15(12(2)18)16(17)10-14/h4-10,12H,3,11,18H2,1-2H3/t12-/m0/s1. The van der Waals surface area contributed by atoms with Crippen molar-refractivity contribution in [3.8, 4) is 0 Å². The van der Waals surface area contributed by atoms with Crippen LogP contribution in [0.4, 0.5) is 5.69 Å². The first-order valence-corrected chi connectivity index (χ1v) is 7.60. The molecule has 0 aliphatic rings.